The molecule has 0 spiro atoms. The Morgan fingerprint density at radius 3 is 2.42 bits per heavy atom. The predicted molar refractivity (Wildman–Crippen MR) is 106 cm³/mol. The summed E-state index contributed by atoms with van der Waals surface area (Å²) in [6, 6.07) is 18.4. The van der Waals surface area contributed by atoms with Gasteiger partial charge in [-0.1, -0.05) is 48.0 Å². The molecule has 0 N–H and O–H groups in total. The number of benzene rings is 2. The van der Waals surface area contributed by atoms with Gasteiger partial charge < -0.3 is 0 Å². The van der Waals surface area contributed by atoms with E-state index in [2.05, 4.69) is 9.97 Å². The summed E-state index contributed by atoms with van der Waals surface area (Å²) in [6.07, 6.45) is 7.17. The summed E-state index contributed by atoms with van der Waals surface area (Å²) in [5, 5.41) is 1.12. The number of halogens is 1. The van der Waals surface area contributed by atoms with Crippen LogP contribution >= 0.6 is 11.6 Å². The average molecular weight is 360 g/mol. The topological polar surface area (TPSA) is 47.8 Å². The number of rotatable bonds is 3. The van der Waals surface area contributed by atoms with Crippen LogP contribution < -0.4 is 5.43 Å². The third kappa shape index (κ3) is 3.15. The lowest BCUT2D eigenvalue weighted by atomic mass is 10.1. The number of aromatic nitrogens is 3. The molecule has 0 saturated carbocycles. The highest BCUT2D eigenvalue weighted by Gasteiger charge is 2.11. The van der Waals surface area contributed by atoms with Gasteiger partial charge in [0.1, 0.15) is 0 Å². The Labute approximate surface area is 155 Å². The Morgan fingerprint density at radius 1 is 0.885 bits per heavy atom. The van der Waals surface area contributed by atoms with Gasteiger partial charge >= 0.3 is 0 Å². The quantitative estimate of drug-likeness (QED) is 0.537. The van der Waals surface area contributed by atoms with E-state index >= 15 is 0 Å². The molecule has 26 heavy (non-hydrogen) atoms. The molecule has 0 aliphatic heterocycles. The molecule has 2 heterocycles. The first-order valence-electron chi connectivity index (χ1n) is 8.08. The normalized spacial score (nSPS) is 11.3. The van der Waals surface area contributed by atoms with Crippen LogP contribution in [0, 0.1) is 0 Å². The van der Waals surface area contributed by atoms with Gasteiger partial charge in [-0.3, -0.25) is 9.36 Å². The van der Waals surface area contributed by atoms with Crippen molar-refractivity contribution in [1.29, 1.82) is 0 Å². The molecule has 0 aliphatic rings. The van der Waals surface area contributed by atoms with Gasteiger partial charge in [0.2, 0.25) is 5.95 Å². The van der Waals surface area contributed by atoms with E-state index in [1.54, 1.807) is 42.7 Å². The molecule has 0 saturated heterocycles. The van der Waals surface area contributed by atoms with E-state index in [4.69, 9.17) is 11.6 Å². The molecule has 4 rings (SSSR count). The van der Waals surface area contributed by atoms with Crippen LogP contribution in [0.3, 0.4) is 0 Å². The lowest BCUT2D eigenvalue weighted by Crippen LogP contribution is -2.12. The molecule has 0 atom stereocenters. The van der Waals surface area contributed by atoms with Crippen molar-refractivity contribution in [3.8, 4) is 5.95 Å². The molecule has 0 unspecified atom stereocenters. The second-order valence-electron chi connectivity index (χ2n) is 5.72. The Balaban J connectivity index is 2.00. The molecule has 126 valence electrons. The minimum Gasteiger partial charge on any atom is -0.289 e. The maximum Gasteiger partial charge on any atom is 0.234 e. The SMILES string of the molecule is O=c1cc(/C=C/c2ccccc2)n(-c2ncccn2)c2cc(Cl)ccc12. The van der Waals surface area contributed by atoms with Crippen LogP contribution in [0.15, 0.2) is 77.9 Å². The van der Waals surface area contributed by atoms with Crippen LogP contribution in [0.4, 0.5) is 0 Å². The minimum absolute atomic E-state index is 0.0726. The maximum absolute atomic E-state index is 12.6. The van der Waals surface area contributed by atoms with E-state index in [0.717, 1.165) is 5.56 Å². The van der Waals surface area contributed by atoms with Crippen LogP contribution in [0.2, 0.25) is 5.02 Å². The van der Waals surface area contributed by atoms with Gasteiger partial charge in [0.15, 0.2) is 5.43 Å². The summed E-state index contributed by atoms with van der Waals surface area (Å²) in [5.74, 6) is 0.479. The Kier molecular flexibility index (Phi) is 4.33. The lowest BCUT2D eigenvalue weighted by molar-refractivity contribution is 0.941. The fraction of sp³-hybridized carbons (Fsp3) is 0. The van der Waals surface area contributed by atoms with E-state index in [1.165, 1.54) is 0 Å². The van der Waals surface area contributed by atoms with Gasteiger partial charge in [-0.05, 0) is 35.9 Å². The van der Waals surface area contributed by atoms with Crippen molar-refractivity contribution in [2.75, 3.05) is 0 Å². The highest BCUT2D eigenvalue weighted by atomic mass is 35.5. The molecule has 2 aromatic heterocycles. The number of nitrogens with zero attached hydrogens (tertiary/aromatic N) is 3. The van der Waals surface area contributed by atoms with E-state index in [1.807, 2.05) is 47.1 Å². The van der Waals surface area contributed by atoms with Gasteiger partial charge in [0.05, 0.1) is 11.2 Å². The number of hydrogen-bond donors (Lipinski definition) is 0. The lowest BCUT2D eigenvalue weighted by Gasteiger charge is -2.13. The fourth-order valence-electron chi connectivity index (χ4n) is 2.81. The highest BCUT2D eigenvalue weighted by Crippen LogP contribution is 2.22. The van der Waals surface area contributed by atoms with Crippen molar-refractivity contribution in [2.24, 2.45) is 0 Å². The molecule has 5 heteroatoms. The zero-order chi connectivity index (χ0) is 17.9. The molecule has 0 aliphatic carbocycles. The van der Waals surface area contributed by atoms with E-state index in [0.29, 0.717) is 27.6 Å². The fourth-order valence-corrected chi connectivity index (χ4v) is 2.98. The first kappa shape index (κ1) is 16.2. The molecule has 0 radical (unpaired) electrons. The Morgan fingerprint density at radius 2 is 1.65 bits per heavy atom. The summed E-state index contributed by atoms with van der Waals surface area (Å²) in [6.45, 7) is 0. The van der Waals surface area contributed by atoms with Crippen LogP contribution in [0.5, 0.6) is 0 Å². The Hall–Kier alpha value is -3.24. The summed E-state index contributed by atoms with van der Waals surface area (Å²) in [4.78, 5) is 21.3. The molecular weight excluding hydrogens is 346 g/mol. The summed E-state index contributed by atoms with van der Waals surface area (Å²) >= 11 is 6.18. The Bertz CT molecular complexity index is 1150. The molecule has 0 fully saturated rings. The highest BCUT2D eigenvalue weighted by molar-refractivity contribution is 6.31. The van der Waals surface area contributed by atoms with Gasteiger partial charge in [-0.2, -0.15) is 0 Å². The van der Waals surface area contributed by atoms with Gasteiger partial charge in [-0.15, -0.1) is 0 Å². The smallest absolute Gasteiger partial charge is 0.234 e. The van der Waals surface area contributed by atoms with E-state index in [-0.39, 0.29) is 5.43 Å². The predicted octanol–water partition coefficient (Wildman–Crippen LogP) is 4.60. The van der Waals surface area contributed by atoms with Crippen molar-refractivity contribution in [3.05, 3.63) is 99.6 Å². The third-order valence-corrected chi connectivity index (χ3v) is 4.24. The standard InChI is InChI=1S/C21H14ClN3O/c22-16-8-10-18-19(13-16)25(21-23-11-4-12-24-21)17(14-20(18)26)9-7-15-5-2-1-3-6-15/h1-14H/b9-7+. The minimum atomic E-state index is -0.0726. The van der Waals surface area contributed by atoms with E-state index in [9.17, 15) is 4.79 Å². The van der Waals surface area contributed by atoms with Crippen molar-refractivity contribution in [3.63, 3.8) is 0 Å². The maximum atomic E-state index is 12.6. The second kappa shape index (κ2) is 6.94. The number of fused-ring (bicyclic) bond motifs is 1. The number of pyridine rings is 1. The zero-order valence-electron chi connectivity index (χ0n) is 13.7. The van der Waals surface area contributed by atoms with E-state index < -0.39 is 0 Å². The van der Waals surface area contributed by atoms with Crippen LogP contribution in [-0.4, -0.2) is 14.5 Å². The van der Waals surface area contributed by atoms with Crippen molar-refractivity contribution in [1.82, 2.24) is 14.5 Å². The van der Waals surface area contributed by atoms with Crippen LogP contribution in [0.1, 0.15) is 11.3 Å². The zero-order valence-corrected chi connectivity index (χ0v) is 14.5. The first-order valence-corrected chi connectivity index (χ1v) is 8.46. The molecule has 0 bridgehead atoms. The molecule has 2 aromatic carbocycles. The van der Waals surface area contributed by atoms with Crippen molar-refractivity contribution < 1.29 is 0 Å². The molecule has 0 amide bonds. The van der Waals surface area contributed by atoms with Crippen molar-refractivity contribution >= 4 is 34.7 Å². The second-order valence-corrected chi connectivity index (χ2v) is 6.16. The average Bonchev–Trinajstić information content (AvgIpc) is 2.67. The molecular formula is C21H14ClN3O. The largest absolute Gasteiger partial charge is 0.289 e. The third-order valence-electron chi connectivity index (χ3n) is 4.00. The summed E-state index contributed by atoms with van der Waals surface area (Å²) < 4.78 is 1.84. The monoisotopic (exact) mass is 359 g/mol. The molecule has 4 aromatic rings. The van der Waals surface area contributed by atoms with Gasteiger partial charge in [-0.25, -0.2) is 9.97 Å². The molecule has 4 nitrogen and oxygen atoms in total. The number of hydrogen-bond acceptors (Lipinski definition) is 3. The van der Waals surface area contributed by atoms with Gasteiger partial charge in [0, 0.05) is 28.9 Å². The summed E-state index contributed by atoms with van der Waals surface area (Å²) in [7, 11) is 0. The van der Waals surface area contributed by atoms with Crippen LogP contribution in [0.25, 0.3) is 29.0 Å². The first-order chi connectivity index (χ1) is 12.7. The summed E-state index contributed by atoms with van der Waals surface area (Å²) in [5.41, 5.74) is 2.31. The van der Waals surface area contributed by atoms with Gasteiger partial charge in [0.25, 0.3) is 0 Å². The van der Waals surface area contributed by atoms with Crippen molar-refractivity contribution in [2.45, 2.75) is 0 Å². The van der Waals surface area contributed by atoms with Crippen LogP contribution in [-0.2, 0) is 0 Å².